The molecule has 0 N–H and O–H groups in total. The third-order valence-corrected chi connectivity index (χ3v) is 6.30. The molecule has 1 heterocycles. The van der Waals surface area contributed by atoms with Crippen molar-refractivity contribution in [3.05, 3.63) is 0 Å². The van der Waals surface area contributed by atoms with Crippen molar-refractivity contribution < 1.29 is 27.5 Å². The van der Waals surface area contributed by atoms with E-state index >= 15 is 0 Å². The van der Waals surface area contributed by atoms with Crippen molar-refractivity contribution in [2.45, 2.75) is 89.8 Å². The lowest BCUT2D eigenvalue weighted by Gasteiger charge is -2.49. The highest BCUT2D eigenvalue weighted by Gasteiger charge is 2.51. The van der Waals surface area contributed by atoms with Crippen molar-refractivity contribution in [1.29, 1.82) is 0 Å². The second kappa shape index (κ2) is 8.61. The first-order valence-electron chi connectivity index (χ1n) is 8.91. The van der Waals surface area contributed by atoms with Crippen LogP contribution in [0.5, 0.6) is 0 Å². The quantitative estimate of drug-likeness (QED) is 0.570. The minimum atomic E-state index is -1.85. The van der Waals surface area contributed by atoms with E-state index in [-0.39, 0.29) is 18.3 Å². The molecule has 1 saturated heterocycles. The van der Waals surface area contributed by atoms with Gasteiger partial charge < -0.3 is 27.5 Å². The van der Waals surface area contributed by atoms with Crippen LogP contribution in [0.3, 0.4) is 0 Å². The second-order valence-corrected chi connectivity index (χ2v) is 22.8. The summed E-state index contributed by atoms with van der Waals surface area (Å²) in [5.41, 5.74) is 0. The van der Waals surface area contributed by atoms with Gasteiger partial charge in [0.05, 0.1) is 0 Å². The highest BCUT2D eigenvalue weighted by atomic mass is 28.4. The molecule has 1 rings (SSSR count). The maximum absolute atomic E-state index is 6.50. The van der Waals surface area contributed by atoms with Gasteiger partial charge in [-0.05, 0) is 58.9 Å². The molecule has 5 atom stereocenters. The summed E-state index contributed by atoms with van der Waals surface area (Å²) in [6, 6.07) is 0. The molecule has 1 aliphatic rings. The zero-order valence-electron chi connectivity index (χ0n) is 17.8. The van der Waals surface area contributed by atoms with E-state index in [2.05, 4.69) is 58.9 Å². The highest BCUT2D eigenvalue weighted by Crippen LogP contribution is 2.33. The molecule has 0 aromatic carbocycles. The van der Waals surface area contributed by atoms with Gasteiger partial charge in [-0.15, -0.1) is 0 Å². The van der Waals surface area contributed by atoms with Crippen LogP contribution in [0.25, 0.3) is 0 Å². The van der Waals surface area contributed by atoms with Gasteiger partial charge in [-0.1, -0.05) is 0 Å². The lowest BCUT2D eigenvalue weighted by atomic mass is 10.0. The molecule has 0 aromatic heterocycles. The topological polar surface area (TPSA) is 55.4 Å². The first kappa shape index (κ1) is 23.5. The van der Waals surface area contributed by atoms with Gasteiger partial charge in [0.15, 0.2) is 37.5 Å². The molecule has 0 amide bonds. The molecule has 0 saturated carbocycles. The van der Waals surface area contributed by atoms with E-state index in [9.17, 15) is 0 Å². The van der Waals surface area contributed by atoms with Gasteiger partial charge in [-0.3, -0.25) is 0 Å². The molecule has 1 fully saturated rings. The minimum Gasteiger partial charge on any atom is -0.409 e. The van der Waals surface area contributed by atoms with E-state index in [0.29, 0.717) is 0 Å². The van der Waals surface area contributed by atoms with E-state index in [4.69, 9.17) is 27.5 Å². The summed E-state index contributed by atoms with van der Waals surface area (Å²) in [6.07, 6.45) is -2.05. The molecule has 0 bridgehead atoms. The predicted molar refractivity (Wildman–Crippen MR) is 107 cm³/mol. The lowest BCUT2D eigenvalue weighted by molar-refractivity contribution is -0.327. The normalized spacial score (nSPS) is 32.0. The molecule has 0 spiro atoms. The van der Waals surface area contributed by atoms with Crippen LogP contribution in [0.15, 0.2) is 0 Å². The van der Waals surface area contributed by atoms with Crippen molar-refractivity contribution in [2.24, 2.45) is 0 Å². The van der Waals surface area contributed by atoms with Crippen LogP contribution in [-0.2, 0) is 27.5 Å². The smallest absolute Gasteiger partial charge is 0.187 e. The van der Waals surface area contributed by atoms with E-state index in [0.717, 1.165) is 0 Å². The number of hydrogen-bond donors (Lipinski definition) is 0. The number of rotatable bonds is 8. The van der Waals surface area contributed by atoms with Gasteiger partial charge in [0, 0.05) is 14.2 Å². The van der Waals surface area contributed by atoms with Crippen LogP contribution < -0.4 is 0 Å². The zero-order valence-corrected chi connectivity index (χ0v) is 20.8. The van der Waals surface area contributed by atoms with Crippen LogP contribution in [-0.4, -0.2) is 70.1 Å². The van der Waals surface area contributed by atoms with Gasteiger partial charge in [-0.25, -0.2) is 0 Å². The van der Waals surface area contributed by atoms with E-state index in [1.807, 2.05) is 0 Å². The van der Waals surface area contributed by atoms with Gasteiger partial charge in [0.25, 0.3) is 0 Å². The standard InChI is InChI=1S/C16H38O6Si3/c1-17-13-12(20-23(3,4)5)14(21-24(6,7)8)15(18-2)19-16(13)22-25(9,10)11/h12-16H,1-11H3/t12-,13-,14-,15+,16?/m0/s1. The SMILES string of the molecule is CO[C@@H]1OC(O[Si](C)(C)C)[C@@H](OC)[C@H](O[Si](C)(C)C)[C@@H]1O[Si](C)(C)C. The summed E-state index contributed by atoms with van der Waals surface area (Å²) >= 11 is 0. The van der Waals surface area contributed by atoms with Crippen molar-refractivity contribution in [1.82, 2.24) is 0 Å². The van der Waals surface area contributed by atoms with Crippen molar-refractivity contribution >= 4 is 25.0 Å². The highest BCUT2D eigenvalue weighted by molar-refractivity contribution is 6.70. The van der Waals surface area contributed by atoms with Crippen molar-refractivity contribution in [3.63, 3.8) is 0 Å². The Morgan fingerprint density at radius 3 is 1.32 bits per heavy atom. The molecule has 9 heteroatoms. The first-order chi connectivity index (χ1) is 11.2. The van der Waals surface area contributed by atoms with Gasteiger partial charge >= 0.3 is 0 Å². The summed E-state index contributed by atoms with van der Waals surface area (Å²) in [5, 5.41) is 0. The van der Waals surface area contributed by atoms with Crippen LogP contribution in [0.4, 0.5) is 0 Å². The van der Waals surface area contributed by atoms with Crippen molar-refractivity contribution in [2.75, 3.05) is 14.2 Å². The Hall–Kier alpha value is 0.411. The third-order valence-electron chi connectivity index (χ3n) is 3.41. The van der Waals surface area contributed by atoms with Gasteiger partial charge in [-0.2, -0.15) is 0 Å². The number of hydrogen-bond acceptors (Lipinski definition) is 6. The summed E-state index contributed by atoms with van der Waals surface area (Å²) in [6.45, 7) is 19.3. The van der Waals surface area contributed by atoms with E-state index < -0.39 is 37.5 Å². The number of ether oxygens (including phenoxy) is 3. The first-order valence-corrected chi connectivity index (χ1v) is 19.1. The molecule has 150 valence electrons. The molecule has 1 aliphatic heterocycles. The zero-order chi connectivity index (χ0) is 19.6. The predicted octanol–water partition coefficient (Wildman–Crippen LogP) is 3.62. The average molecular weight is 411 g/mol. The largest absolute Gasteiger partial charge is 0.409 e. The maximum Gasteiger partial charge on any atom is 0.187 e. The monoisotopic (exact) mass is 410 g/mol. The lowest BCUT2D eigenvalue weighted by Crippen LogP contribution is -2.65. The van der Waals surface area contributed by atoms with Crippen LogP contribution in [0.1, 0.15) is 0 Å². The Morgan fingerprint density at radius 1 is 0.520 bits per heavy atom. The summed E-state index contributed by atoms with van der Waals surface area (Å²) in [4.78, 5) is 0. The second-order valence-electron chi connectivity index (χ2n) is 9.43. The van der Waals surface area contributed by atoms with Crippen LogP contribution in [0, 0.1) is 0 Å². The minimum absolute atomic E-state index is 0.288. The fourth-order valence-electron chi connectivity index (χ4n) is 2.74. The van der Waals surface area contributed by atoms with E-state index in [1.165, 1.54) is 0 Å². The Bertz CT molecular complexity index is 416. The molecule has 25 heavy (non-hydrogen) atoms. The Morgan fingerprint density at radius 2 is 0.960 bits per heavy atom. The Kier molecular flexibility index (Phi) is 8.08. The van der Waals surface area contributed by atoms with Gasteiger partial charge in [0.1, 0.15) is 18.3 Å². The van der Waals surface area contributed by atoms with Crippen LogP contribution in [0.2, 0.25) is 58.9 Å². The fourth-order valence-corrected chi connectivity index (χ4v) is 5.77. The fraction of sp³-hybridized carbons (Fsp3) is 1.00. The average Bonchev–Trinajstić information content (AvgIpc) is 2.36. The molecule has 0 radical (unpaired) electrons. The third kappa shape index (κ3) is 7.89. The van der Waals surface area contributed by atoms with Gasteiger partial charge in [0.2, 0.25) is 0 Å². The van der Waals surface area contributed by atoms with Crippen LogP contribution >= 0.6 is 0 Å². The molecule has 1 unspecified atom stereocenters. The molecular weight excluding hydrogens is 372 g/mol. The Labute approximate surface area is 156 Å². The number of methoxy groups -OCH3 is 2. The molecule has 0 aliphatic carbocycles. The maximum atomic E-state index is 6.50. The van der Waals surface area contributed by atoms with E-state index in [1.54, 1.807) is 14.2 Å². The van der Waals surface area contributed by atoms with Crippen molar-refractivity contribution in [3.8, 4) is 0 Å². The molecule has 6 nitrogen and oxygen atoms in total. The summed E-state index contributed by atoms with van der Waals surface area (Å²) in [7, 11) is -2.22. The summed E-state index contributed by atoms with van der Waals surface area (Å²) in [5.74, 6) is 0. The molecular formula is C16H38O6Si3. The summed E-state index contributed by atoms with van der Waals surface area (Å²) < 4.78 is 36.7. The Balaban J connectivity index is 3.21. The molecule has 0 aromatic rings.